The molecule has 2 heterocycles. The van der Waals surface area contributed by atoms with Crippen LogP contribution in [0.4, 0.5) is 5.69 Å². The summed E-state index contributed by atoms with van der Waals surface area (Å²) >= 11 is 6.05. The summed E-state index contributed by atoms with van der Waals surface area (Å²) in [5, 5.41) is 10.9. The van der Waals surface area contributed by atoms with Gasteiger partial charge in [0.15, 0.2) is 0 Å². The van der Waals surface area contributed by atoms with E-state index in [1.165, 1.54) is 18.2 Å². The fourth-order valence-electron chi connectivity index (χ4n) is 2.79. The zero-order valence-electron chi connectivity index (χ0n) is 13.5. The lowest BCUT2D eigenvalue weighted by atomic mass is 10.1. The summed E-state index contributed by atoms with van der Waals surface area (Å²) in [5.41, 5.74) is 1.17. The molecule has 1 aromatic heterocycles. The van der Waals surface area contributed by atoms with Crippen LogP contribution in [0.15, 0.2) is 42.6 Å². The number of hydrogen-bond donors (Lipinski definition) is 0. The van der Waals surface area contributed by atoms with Crippen LogP contribution in [0.25, 0.3) is 0 Å². The van der Waals surface area contributed by atoms with Crippen molar-refractivity contribution >= 4 is 23.2 Å². The minimum atomic E-state index is -0.531. The number of pyridine rings is 1. The number of rotatable bonds is 4. The fraction of sp³-hybridized carbons (Fsp3) is 0.294. The van der Waals surface area contributed by atoms with E-state index in [0.29, 0.717) is 18.7 Å². The number of non-ortho nitro benzene ring substituents is 1. The zero-order chi connectivity index (χ0) is 17.8. The Morgan fingerprint density at radius 2 is 1.96 bits per heavy atom. The topological polar surface area (TPSA) is 79.6 Å². The average molecular weight is 361 g/mol. The number of carbonyl (C=O) groups excluding carboxylic acids is 1. The predicted octanol–water partition coefficient (Wildman–Crippen LogP) is 2.60. The Balaban J connectivity index is 1.61. The second-order valence-electron chi connectivity index (χ2n) is 5.81. The summed E-state index contributed by atoms with van der Waals surface area (Å²) in [6.45, 7) is 3.40. The molecule has 1 aromatic carbocycles. The van der Waals surface area contributed by atoms with Crippen molar-refractivity contribution in [1.29, 1.82) is 0 Å². The maximum Gasteiger partial charge on any atom is 0.270 e. The van der Waals surface area contributed by atoms with Crippen molar-refractivity contribution in [2.24, 2.45) is 0 Å². The number of nitro groups is 1. The second kappa shape index (κ2) is 7.58. The summed E-state index contributed by atoms with van der Waals surface area (Å²) in [6.07, 6.45) is 1.77. The van der Waals surface area contributed by atoms with E-state index in [-0.39, 0.29) is 16.6 Å². The van der Waals surface area contributed by atoms with Gasteiger partial charge in [-0.3, -0.25) is 24.8 Å². The first-order chi connectivity index (χ1) is 12.0. The quantitative estimate of drug-likeness (QED) is 0.618. The van der Waals surface area contributed by atoms with Gasteiger partial charge in [-0.2, -0.15) is 0 Å². The molecular formula is C17H17ClN4O3. The number of aromatic nitrogens is 1. The molecule has 2 aromatic rings. The van der Waals surface area contributed by atoms with Crippen molar-refractivity contribution in [1.82, 2.24) is 14.8 Å². The van der Waals surface area contributed by atoms with Crippen LogP contribution in [-0.2, 0) is 6.54 Å². The molecule has 0 saturated carbocycles. The van der Waals surface area contributed by atoms with Gasteiger partial charge in [0, 0.05) is 51.1 Å². The molecule has 0 spiro atoms. The number of hydrogen-bond acceptors (Lipinski definition) is 5. The Labute approximate surface area is 150 Å². The molecule has 0 radical (unpaired) electrons. The fourth-order valence-corrected chi connectivity index (χ4v) is 3.05. The van der Waals surface area contributed by atoms with Crippen LogP contribution in [-0.4, -0.2) is 51.8 Å². The molecule has 1 aliphatic rings. The molecule has 1 fully saturated rings. The normalized spacial score (nSPS) is 15.2. The SMILES string of the molecule is O=C(c1ccc([N+](=O)[O-])cc1Cl)N1CCN(Cc2ccccn2)CC1. The minimum Gasteiger partial charge on any atom is -0.336 e. The molecule has 0 aliphatic carbocycles. The summed E-state index contributed by atoms with van der Waals surface area (Å²) in [7, 11) is 0. The number of piperazine rings is 1. The minimum absolute atomic E-state index is 0.107. The van der Waals surface area contributed by atoms with E-state index < -0.39 is 4.92 Å². The van der Waals surface area contributed by atoms with Crippen molar-refractivity contribution in [3.05, 3.63) is 69.0 Å². The van der Waals surface area contributed by atoms with Crippen LogP contribution in [0.2, 0.25) is 5.02 Å². The van der Waals surface area contributed by atoms with Gasteiger partial charge in [0.2, 0.25) is 0 Å². The Bertz CT molecular complexity index is 777. The lowest BCUT2D eigenvalue weighted by Gasteiger charge is -2.34. The monoisotopic (exact) mass is 360 g/mol. The van der Waals surface area contributed by atoms with E-state index in [1.807, 2.05) is 18.2 Å². The van der Waals surface area contributed by atoms with Crippen molar-refractivity contribution in [3.8, 4) is 0 Å². The molecule has 0 bridgehead atoms. The molecule has 130 valence electrons. The highest BCUT2D eigenvalue weighted by atomic mass is 35.5. The Kier molecular flexibility index (Phi) is 5.25. The first-order valence-electron chi connectivity index (χ1n) is 7.90. The van der Waals surface area contributed by atoms with Gasteiger partial charge in [0.05, 0.1) is 21.2 Å². The predicted molar refractivity (Wildman–Crippen MR) is 93.5 cm³/mol. The van der Waals surface area contributed by atoms with Gasteiger partial charge in [-0.05, 0) is 18.2 Å². The Hall–Kier alpha value is -2.51. The summed E-state index contributed by atoms with van der Waals surface area (Å²) in [4.78, 5) is 31.1. The molecule has 0 N–H and O–H groups in total. The molecule has 3 rings (SSSR count). The van der Waals surface area contributed by atoms with Gasteiger partial charge in [0.25, 0.3) is 11.6 Å². The van der Waals surface area contributed by atoms with E-state index in [1.54, 1.807) is 11.1 Å². The molecule has 0 unspecified atom stereocenters. The molecule has 8 heteroatoms. The first-order valence-corrected chi connectivity index (χ1v) is 8.28. The summed E-state index contributed by atoms with van der Waals surface area (Å²) < 4.78 is 0. The molecule has 1 aliphatic heterocycles. The third-order valence-electron chi connectivity index (χ3n) is 4.17. The molecule has 7 nitrogen and oxygen atoms in total. The van der Waals surface area contributed by atoms with Gasteiger partial charge in [-0.25, -0.2) is 0 Å². The smallest absolute Gasteiger partial charge is 0.270 e. The van der Waals surface area contributed by atoms with Crippen molar-refractivity contribution in [3.63, 3.8) is 0 Å². The van der Waals surface area contributed by atoms with Gasteiger partial charge in [0.1, 0.15) is 0 Å². The number of halogens is 1. The van der Waals surface area contributed by atoms with Crippen LogP contribution in [0.3, 0.4) is 0 Å². The van der Waals surface area contributed by atoms with Crippen LogP contribution in [0.5, 0.6) is 0 Å². The first kappa shape index (κ1) is 17.3. The van der Waals surface area contributed by atoms with Gasteiger partial charge < -0.3 is 4.90 Å². The van der Waals surface area contributed by atoms with Crippen LogP contribution in [0, 0.1) is 10.1 Å². The summed E-state index contributed by atoms with van der Waals surface area (Å²) in [6, 6.07) is 9.76. The molecule has 25 heavy (non-hydrogen) atoms. The van der Waals surface area contributed by atoms with Crippen LogP contribution < -0.4 is 0 Å². The maximum absolute atomic E-state index is 12.6. The van der Waals surface area contributed by atoms with Gasteiger partial charge in [-0.1, -0.05) is 17.7 Å². The van der Waals surface area contributed by atoms with E-state index in [0.717, 1.165) is 25.3 Å². The van der Waals surface area contributed by atoms with Gasteiger partial charge >= 0.3 is 0 Å². The van der Waals surface area contributed by atoms with E-state index in [9.17, 15) is 14.9 Å². The lowest BCUT2D eigenvalue weighted by molar-refractivity contribution is -0.384. The highest BCUT2D eigenvalue weighted by Crippen LogP contribution is 2.24. The number of carbonyl (C=O) groups is 1. The molecule has 0 atom stereocenters. The highest BCUT2D eigenvalue weighted by molar-refractivity contribution is 6.34. The zero-order valence-corrected chi connectivity index (χ0v) is 14.2. The van der Waals surface area contributed by atoms with Crippen molar-refractivity contribution < 1.29 is 9.72 Å². The number of nitro benzene ring substituents is 1. The van der Waals surface area contributed by atoms with Gasteiger partial charge in [-0.15, -0.1) is 0 Å². The van der Waals surface area contributed by atoms with Crippen molar-refractivity contribution in [2.75, 3.05) is 26.2 Å². The Morgan fingerprint density at radius 3 is 2.56 bits per heavy atom. The Morgan fingerprint density at radius 1 is 1.20 bits per heavy atom. The van der Waals surface area contributed by atoms with Crippen LogP contribution in [0.1, 0.15) is 16.1 Å². The second-order valence-corrected chi connectivity index (χ2v) is 6.22. The average Bonchev–Trinajstić information content (AvgIpc) is 2.62. The molecular weight excluding hydrogens is 344 g/mol. The number of benzene rings is 1. The van der Waals surface area contributed by atoms with E-state index in [2.05, 4.69) is 9.88 Å². The molecule has 1 amide bonds. The van der Waals surface area contributed by atoms with Crippen LogP contribution >= 0.6 is 11.6 Å². The molecule has 1 saturated heterocycles. The highest BCUT2D eigenvalue weighted by Gasteiger charge is 2.24. The maximum atomic E-state index is 12.6. The third kappa shape index (κ3) is 4.12. The standard InChI is InChI=1S/C17H17ClN4O3/c18-16-11-14(22(24)25)4-5-15(16)17(23)21-9-7-20(8-10-21)12-13-3-1-2-6-19-13/h1-6,11H,7-10,12H2. The largest absolute Gasteiger partial charge is 0.336 e. The summed E-state index contributed by atoms with van der Waals surface area (Å²) in [5.74, 6) is -0.197. The third-order valence-corrected chi connectivity index (χ3v) is 4.48. The lowest BCUT2D eigenvalue weighted by Crippen LogP contribution is -2.48. The number of amides is 1. The van der Waals surface area contributed by atoms with E-state index >= 15 is 0 Å². The van der Waals surface area contributed by atoms with E-state index in [4.69, 9.17) is 11.6 Å². The number of nitrogens with zero attached hydrogens (tertiary/aromatic N) is 4. The van der Waals surface area contributed by atoms with Crippen molar-refractivity contribution in [2.45, 2.75) is 6.54 Å².